The predicted octanol–water partition coefficient (Wildman–Crippen LogP) is 4.83. The third kappa shape index (κ3) is 6.58. The number of ether oxygens (including phenoxy) is 1. The maximum absolute atomic E-state index is 13.1. The van der Waals surface area contributed by atoms with Crippen LogP contribution in [0, 0.1) is 0 Å². The van der Waals surface area contributed by atoms with Gasteiger partial charge < -0.3 is 10.1 Å². The lowest BCUT2D eigenvalue weighted by atomic mass is 10.1. The van der Waals surface area contributed by atoms with E-state index < -0.39 is 0 Å². The van der Waals surface area contributed by atoms with E-state index in [2.05, 4.69) is 10.3 Å². The van der Waals surface area contributed by atoms with Crippen LogP contribution in [-0.4, -0.2) is 33.9 Å². The van der Waals surface area contributed by atoms with Crippen molar-refractivity contribution in [1.29, 1.82) is 0 Å². The van der Waals surface area contributed by atoms with Crippen molar-refractivity contribution in [3.63, 3.8) is 0 Å². The number of thioether (sulfide) groups is 1. The summed E-state index contributed by atoms with van der Waals surface area (Å²) in [4.78, 5) is 30.3. The predicted molar refractivity (Wildman–Crippen MR) is 130 cm³/mol. The van der Waals surface area contributed by atoms with Gasteiger partial charge in [0, 0.05) is 18.2 Å². The zero-order chi connectivity index (χ0) is 23.1. The van der Waals surface area contributed by atoms with E-state index >= 15 is 0 Å². The smallest absolute Gasteiger partial charge is 0.262 e. The van der Waals surface area contributed by atoms with Gasteiger partial charge in [-0.1, -0.05) is 47.6 Å². The summed E-state index contributed by atoms with van der Waals surface area (Å²) in [5.74, 6) is 0.0117. The molecule has 0 saturated carbocycles. The number of amides is 1. The molecule has 8 heteroatoms. The summed E-state index contributed by atoms with van der Waals surface area (Å²) in [5.41, 5.74) is 1.46. The van der Waals surface area contributed by atoms with Crippen LogP contribution in [0.1, 0.15) is 38.8 Å². The van der Waals surface area contributed by atoms with Crippen molar-refractivity contribution in [2.75, 3.05) is 12.4 Å². The van der Waals surface area contributed by atoms with Gasteiger partial charge in [0.25, 0.3) is 5.56 Å². The maximum Gasteiger partial charge on any atom is 0.262 e. The number of benzene rings is 2. The number of aromatic nitrogens is 2. The van der Waals surface area contributed by atoms with Crippen molar-refractivity contribution < 1.29 is 9.53 Å². The largest absolute Gasteiger partial charge is 0.379 e. The Morgan fingerprint density at radius 2 is 1.97 bits per heavy atom. The minimum atomic E-state index is -0.179. The lowest BCUT2D eigenvalue weighted by molar-refractivity contribution is -0.119. The minimum absolute atomic E-state index is 0.102. The molecule has 1 amide bonds. The number of nitrogens with zero attached hydrogens (tertiary/aromatic N) is 2. The summed E-state index contributed by atoms with van der Waals surface area (Å²) >= 11 is 7.31. The van der Waals surface area contributed by atoms with Crippen molar-refractivity contribution >= 4 is 40.2 Å². The first-order chi connectivity index (χ1) is 15.3. The van der Waals surface area contributed by atoms with Crippen molar-refractivity contribution in [2.45, 2.75) is 51.0 Å². The average Bonchev–Trinajstić information content (AvgIpc) is 2.76. The molecule has 32 heavy (non-hydrogen) atoms. The Morgan fingerprint density at radius 1 is 1.19 bits per heavy atom. The Hall–Kier alpha value is -2.35. The summed E-state index contributed by atoms with van der Waals surface area (Å²) in [5, 5.41) is 4.71. The zero-order valence-electron chi connectivity index (χ0n) is 18.5. The highest BCUT2D eigenvalue weighted by atomic mass is 35.5. The number of fused-ring (bicyclic) bond motifs is 1. The van der Waals surface area contributed by atoms with Gasteiger partial charge in [0.15, 0.2) is 5.16 Å². The van der Waals surface area contributed by atoms with Crippen molar-refractivity contribution in [1.82, 2.24) is 14.9 Å². The highest BCUT2D eigenvalue weighted by molar-refractivity contribution is 7.99. The summed E-state index contributed by atoms with van der Waals surface area (Å²) in [7, 11) is 0. The molecule has 0 aliphatic carbocycles. The van der Waals surface area contributed by atoms with Gasteiger partial charge in [-0.3, -0.25) is 14.2 Å². The molecule has 170 valence electrons. The van der Waals surface area contributed by atoms with Crippen LogP contribution in [0.4, 0.5) is 0 Å². The number of rotatable bonds is 10. The Morgan fingerprint density at radius 3 is 2.72 bits per heavy atom. The second-order valence-corrected chi connectivity index (χ2v) is 9.15. The second kappa shape index (κ2) is 11.5. The lowest BCUT2D eigenvalue weighted by Gasteiger charge is -2.16. The van der Waals surface area contributed by atoms with Crippen LogP contribution in [0.3, 0.4) is 0 Å². The van der Waals surface area contributed by atoms with Gasteiger partial charge in [0.1, 0.15) is 0 Å². The van der Waals surface area contributed by atoms with Gasteiger partial charge in [-0.05, 0) is 57.0 Å². The number of carbonyl (C=O) groups is 1. The molecule has 1 atom stereocenters. The summed E-state index contributed by atoms with van der Waals surface area (Å²) in [6, 6.07) is 14.5. The topological polar surface area (TPSA) is 73.2 Å². The normalized spacial score (nSPS) is 12.3. The molecule has 2 aromatic carbocycles. The molecule has 0 spiro atoms. The Kier molecular flexibility index (Phi) is 8.73. The molecule has 3 rings (SSSR count). The molecular weight excluding hydrogens is 446 g/mol. The van der Waals surface area contributed by atoms with Gasteiger partial charge in [-0.15, -0.1) is 0 Å². The van der Waals surface area contributed by atoms with Crippen LogP contribution in [0.2, 0.25) is 5.02 Å². The molecule has 1 aromatic heterocycles. The molecule has 1 unspecified atom stereocenters. The van der Waals surface area contributed by atoms with Gasteiger partial charge in [-0.25, -0.2) is 4.98 Å². The number of hydrogen-bond acceptors (Lipinski definition) is 5. The molecule has 1 heterocycles. The van der Waals surface area contributed by atoms with Gasteiger partial charge in [0.2, 0.25) is 5.91 Å². The van der Waals surface area contributed by atoms with Crippen LogP contribution in [-0.2, 0) is 16.1 Å². The molecule has 1 N–H and O–H groups in total. The third-order valence-electron chi connectivity index (χ3n) is 4.86. The highest BCUT2D eigenvalue weighted by Gasteiger charge is 2.15. The Balaban J connectivity index is 1.72. The van der Waals surface area contributed by atoms with Crippen molar-refractivity contribution in [2.24, 2.45) is 0 Å². The highest BCUT2D eigenvalue weighted by Crippen LogP contribution is 2.20. The zero-order valence-corrected chi connectivity index (χ0v) is 20.1. The van der Waals surface area contributed by atoms with Crippen LogP contribution < -0.4 is 10.9 Å². The van der Waals surface area contributed by atoms with E-state index in [9.17, 15) is 9.59 Å². The number of para-hydroxylation sites is 1. The van der Waals surface area contributed by atoms with Crippen LogP contribution in [0.5, 0.6) is 0 Å². The Labute approximate surface area is 197 Å². The monoisotopic (exact) mass is 473 g/mol. The van der Waals surface area contributed by atoms with Gasteiger partial charge >= 0.3 is 0 Å². The number of halogens is 1. The van der Waals surface area contributed by atoms with Gasteiger partial charge in [-0.2, -0.15) is 0 Å². The average molecular weight is 474 g/mol. The minimum Gasteiger partial charge on any atom is -0.379 e. The molecular formula is C24H28ClN3O3S. The van der Waals surface area contributed by atoms with E-state index in [1.807, 2.05) is 57.2 Å². The van der Waals surface area contributed by atoms with Crippen LogP contribution in [0.25, 0.3) is 10.9 Å². The fraction of sp³-hybridized carbons (Fsp3) is 0.375. The number of hydrogen-bond donors (Lipinski definition) is 1. The summed E-state index contributed by atoms with van der Waals surface area (Å²) in [6.45, 7) is 6.90. The maximum atomic E-state index is 13.1. The van der Waals surface area contributed by atoms with Crippen molar-refractivity contribution in [3.05, 3.63) is 69.5 Å². The molecule has 0 aliphatic heterocycles. The SMILES string of the molecule is CC(C)OCCCn1c(SCC(=O)NC(C)c2cccc(Cl)c2)nc2ccccc2c1=O. The molecule has 3 aromatic rings. The fourth-order valence-electron chi connectivity index (χ4n) is 3.27. The van der Waals surface area contributed by atoms with Crippen LogP contribution in [0.15, 0.2) is 58.5 Å². The summed E-state index contributed by atoms with van der Waals surface area (Å²) < 4.78 is 7.25. The molecule has 0 aliphatic rings. The molecule has 6 nitrogen and oxygen atoms in total. The molecule has 0 bridgehead atoms. The number of carbonyl (C=O) groups excluding carboxylic acids is 1. The van der Waals surface area contributed by atoms with E-state index in [1.165, 1.54) is 11.8 Å². The summed E-state index contributed by atoms with van der Waals surface area (Å²) in [6.07, 6.45) is 0.824. The van der Waals surface area contributed by atoms with Crippen LogP contribution >= 0.6 is 23.4 Å². The van der Waals surface area contributed by atoms with E-state index in [0.717, 1.165) is 5.56 Å². The lowest BCUT2D eigenvalue weighted by Crippen LogP contribution is -2.29. The molecule has 0 fully saturated rings. The van der Waals surface area contributed by atoms with E-state index in [4.69, 9.17) is 16.3 Å². The quantitative estimate of drug-likeness (QED) is 0.259. The first kappa shape index (κ1) is 24.3. The standard InChI is InChI=1S/C24H28ClN3O3S/c1-16(2)31-13-7-12-28-23(30)20-10-4-5-11-21(20)27-24(28)32-15-22(29)26-17(3)18-8-6-9-19(25)14-18/h4-6,8-11,14,16-17H,7,12-13,15H2,1-3H3,(H,26,29). The van der Waals surface area contributed by atoms with E-state index in [0.29, 0.717) is 40.7 Å². The van der Waals surface area contributed by atoms with Crippen molar-refractivity contribution in [3.8, 4) is 0 Å². The van der Waals surface area contributed by atoms with E-state index in [1.54, 1.807) is 16.7 Å². The van der Waals surface area contributed by atoms with E-state index in [-0.39, 0.29) is 29.4 Å². The number of nitrogens with one attached hydrogen (secondary N) is 1. The first-order valence-corrected chi connectivity index (χ1v) is 12.0. The second-order valence-electron chi connectivity index (χ2n) is 7.77. The third-order valence-corrected chi connectivity index (χ3v) is 6.07. The first-order valence-electron chi connectivity index (χ1n) is 10.6. The molecule has 0 saturated heterocycles. The molecule has 0 radical (unpaired) electrons. The van der Waals surface area contributed by atoms with Gasteiger partial charge in [0.05, 0.1) is 28.8 Å². The fourth-order valence-corrected chi connectivity index (χ4v) is 4.30. The Bertz CT molecular complexity index is 1130.